The van der Waals surface area contributed by atoms with Crippen LogP contribution >= 0.6 is 34.8 Å². The zero-order chi connectivity index (χ0) is 23.9. The van der Waals surface area contributed by atoms with E-state index in [0.29, 0.717) is 16.3 Å². The average Bonchev–Trinajstić information content (AvgIpc) is 3.12. The molecule has 1 aliphatic rings. The van der Waals surface area contributed by atoms with Crippen LogP contribution in [0.4, 0.5) is 18.9 Å². The van der Waals surface area contributed by atoms with Crippen molar-refractivity contribution in [2.24, 2.45) is 5.41 Å². The molecule has 9 heteroatoms. The Morgan fingerprint density at radius 1 is 1.06 bits per heavy atom. The Hall–Kier alpha value is -1.63. The minimum absolute atomic E-state index is 0.0533. The van der Waals surface area contributed by atoms with Gasteiger partial charge in [-0.25, -0.2) is 0 Å². The van der Waals surface area contributed by atoms with Crippen molar-refractivity contribution in [2.75, 3.05) is 18.0 Å². The van der Waals surface area contributed by atoms with Crippen LogP contribution in [0.2, 0.25) is 15.1 Å². The lowest BCUT2D eigenvalue weighted by molar-refractivity contribution is -0.184. The van der Waals surface area contributed by atoms with E-state index in [0.717, 1.165) is 0 Å². The Morgan fingerprint density at radius 2 is 1.69 bits per heavy atom. The van der Waals surface area contributed by atoms with E-state index in [1.165, 1.54) is 18.2 Å². The molecule has 2 aromatic rings. The number of hydrogen-bond donors (Lipinski definition) is 1. The van der Waals surface area contributed by atoms with Crippen molar-refractivity contribution < 1.29 is 18.0 Å². The van der Waals surface area contributed by atoms with Gasteiger partial charge in [0.05, 0.1) is 0 Å². The van der Waals surface area contributed by atoms with Crippen molar-refractivity contribution >= 4 is 46.4 Å². The number of halogens is 6. The topological polar surface area (TPSA) is 32.3 Å². The highest BCUT2D eigenvalue weighted by molar-refractivity contribution is 6.34. The van der Waals surface area contributed by atoms with Crippen LogP contribution in [0.15, 0.2) is 36.4 Å². The Labute approximate surface area is 200 Å². The molecule has 0 saturated carbocycles. The van der Waals surface area contributed by atoms with Crippen LogP contribution in [0, 0.1) is 5.41 Å². The van der Waals surface area contributed by atoms with Crippen LogP contribution < -0.4 is 10.2 Å². The molecule has 0 bridgehead atoms. The lowest BCUT2D eigenvalue weighted by Crippen LogP contribution is -2.44. The van der Waals surface area contributed by atoms with Gasteiger partial charge in [-0.05, 0) is 47.9 Å². The molecule has 3 nitrogen and oxygen atoms in total. The van der Waals surface area contributed by atoms with Gasteiger partial charge in [0.15, 0.2) is 0 Å². The first-order valence-electron chi connectivity index (χ1n) is 10.1. The lowest BCUT2D eigenvalue weighted by Gasteiger charge is -2.33. The van der Waals surface area contributed by atoms with Gasteiger partial charge < -0.3 is 10.2 Å². The fourth-order valence-corrected chi connectivity index (χ4v) is 4.58. The first kappa shape index (κ1) is 25.0. The third-order valence-corrected chi connectivity index (χ3v) is 6.54. The van der Waals surface area contributed by atoms with Crippen molar-refractivity contribution in [3.63, 3.8) is 0 Å². The normalized spacial score (nSPS) is 19.3. The molecule has 1 unspecified atom stereocenters. The predicted octanol–water partition coefficient (Wildman–Crippen LogP) is 7.02. The summed E-state index contributed by atoms with van der Waals surface area (Å²) in [6.45, 7) is 5.58. The summed E-state index contributed by atoms with van der Waals surface area (Å²) in [6, 6.07) is 9.17. The summed E-state index contributed by atoms with van der Waals surface area (Å²) in [7, 11) is 0. The molecule has 0 aliphatic carbocycles. The van der Waals surface area contributed by atoms with E-state index in [1.54, 1.807) is 43.9 Å². The van der Waals surface area contributed by atoms with Gasteiger partial charge in [0.1, 0.15) is 5.41 Å². The largest absolute Gasteiger partial charge is 0.400 e. The van der Waals surface area contributed by atoms with E-state index in [9.17, 15) is 18.0 Å². The Balaban J connectivity index is 1.84. The molecule has 0 spiro atoms. The van der Waals surface area contributed by atoms with Crippen LogP contribution in [0.25, 0.3) is 0 Å². The number of hydrogen-bond acceptors (Lipinski definition) is 2. The van der Waals surface area contributed by atoms with Gasteiger partial charge >= 0.3 is 6.18 Å². The second-order valence-electron chi connectivity index (χ2n) is 9.12. The summed E-state index contributed by atoms with van der Waals surface area (Å²) in [5.74, 6) is -0.118. The molecule has 174 valence electrons. The number of nitrogens with one attached hydrogen (secondary N) is 1. The summed E-state index contributed by atoms with van der Waals surface area (Å²) in [6.07, 6.45) is -4.62. The molecule has 32 heavy (non-hydrogen) atoms. The van der Waals surface area contributed by atoms with E-state index >= 15 is 0 Å². The molecule has 1 saturated heterocycles. The van der Waals surface area contributed by atoms with Crippen molar-refractivity contribution in [1.82, 2.24) is 5.32 Å². The number of carbonyl (C=O) groups is 1. The molecule has 1 N–H and O–H groups in total. The van der Waals surface area contributed by atoms with E-state index in [4.69, 9.17) is 34.8 Å². The van der Waals surface area contributed by atoms with Gasteiger partial charge in [0.25, 0.3) is 0 Å². The zero-order valence-electron chi connectivity index (χ0n) is 17.9. The van der Waals surface area contributed by atoms with E-state index in [-0.39, 0.29) is 47.6 Å². The van der Waals surface area contributed by atoms with Gasteiger partial charge in [-0.2, -0.15) is 13.2 Å². The standard InChI is InChI=1S/C23H24Cl3F3N2O/c1-21(2,3)20(32)30-12-14-4-5-18(11-19(14)26)31-7-6-22(13-31,23(27,28)29)15-8-16(24)10-17(25)9-15/h4-5,8-11H,6-7,12-13H2,1-3H3,(H,30,32). The summed E-state index contributed by atoms with van der Waals surface area (Å²) in [5.41, 5.74) is -1.30. The smallest absolute Gasteiger partial charge is 0.370 e. The zero-order valence-corrected chi connectivity index (χ0v) is 20.2. The number of anilines is 1. The van der Waals surface area contributed by atoms with Crippen LogP contribution in [0.3, 0.4) is 0 Å². The van der Waals surface area contributed by atoms with Crippen molar-refractivity contribution in [3.05, 3.63) is 62.6 Å². The van der Waals surface area contributed by atoms with E-state index < -0.39 is 17.0 Å². The minimum Gasteiger partial charge on any atom is -0.370 e. The summed E-state index contributed by atoms with van der Waals surface area (Å²) in [5, 5.41) is 3.54. The second kappa shape index (κ2) is 8.96. The minimum atomic E-state index is -4.49. The van der Waals surface area contributed by atoms with Gasteiger partial charge in [-0.3, -0.25) is 4.79 Å². The average molecular weight is 508 g/mol. The highest BCUT2D eigenvalue weighted by Crippen LogP contribution is 2.49. The van der Waals surface area contributed by atoms with Crippen LogP contribution in [0.5, 0.6) is 0 Å². The number of carbonyl (C=O) groups excluding carboxylic acids is 1. The first-order chi connectivity index (χ1) is 14.7. The lowest BCUT2D eigenvalue weighted by atomic mass is 9.79. The summed E-state index contributed by atoms with van der Waals surface area (Å²) < 4.78 is 42.9. The highest BCUT2D eigenvalue weighted by atomic mass is 35.5. The van der Waals surface area contributed by atoms with Crippen molar-refractivity contribution in [3.8, 4) is 0 Å². The van der Waals surface area contributed by atoms with Gasteiger partial charge in [0.2, 0.25) is 5.91 Å². The molecule has 0 radical (unpaired) electrons. The highest BCUT2D eigenvalue weighted by Gasteiger charge is 2.59. The number of alkyl halides is 3. The molecule has 1 amide bonds. The summed E-state index contributed by atoms with van der Waals surface area (Å²) in [4.78, 5) is 13.7. The molecule has 3 rings (SSSR count). The second-order valence-corrected chi connectivity index (χ2v) is 10.4. The maximum atomic E-state index is 14.3. The fourth-order valence-electron chi connectivity index (χ4n) is 3.81. The number of amides is 1. The monoisotopic (exact) mass is 506 g/mol. The quantitative estimate of drug-likeness (QED) is 0.482. The van der Waals surface area contributed by atoms with Crippen LogP contribution in [-0.2, 0) is 16.8 Å². The molecule has 0 aromatic heterocycles. The predicted molar refractivity (Wildman–Crippen MR) is 124 cm³/mol. The Kier molecular flexibility index (Phi) is 7.00. The van der Waals surface area contributed by atoms with E-state index in [1.807, 2.05) is 0 Å². The molecular weight excluding hydrogens is 484 g/mol. The third kappa shape index (κ3) is 5.13. The summed E-state index contributed by atoms with van der Waals surface area (Å²) >= 11 is 18.4. The molecule has 1 fully saturated rings. The van der Waals surface area contributed by atoms with Crippen LogP contribution in [0.1, 0.15) is 38.3 Å². The molecule has 1 aliphatic heterocycles. The first-order valence-corrected chi connectivity index (χ1v) is 11.2. The number of benzene rings is 2. The van der Waals surface area contributed by atoms with Gasteiger partial charge in [-0.1, -0.05) is 61.6 Å². The maximum absolute atomic E-state index is 14.3. The third-order valence-electron chi connectivity index (χ3n) is 5.75. The number of nitrogens with zero attached hydrogens (tertiary/aromatic N) is 1. The van der Waals surface area contributed by atoms with E-state index in [2.05, 4.69) is 5.32 Å². The molecule has 1 atom stereocenters. The van der Waals surface area contributed by atoms with Gasteiger partial charge in [0, 0.05) is 45.8 Å². The Bertz CT molecular complexity index is 1000. The maximum Gasteiger partial charge on any atom is 0.400 e. The van der Waals surface area contributed by atoms with Crippen LogP contribution in [-0.4, -0.2) is 25.2 Å². The van der Waals surface area contributed by atoms with Crippen molar-refractivity contribution in [1.29, 1.82) is 0 Å². The van der Waals surface area contributed by atoms with Crippen molar-refractivity contribution in [2.45, 2.75) is 45.3 Å². The molecular formula is C23H24Cl3F3N2O. The molecule has 1 heterocycles. The fraction of sp³-hybridized carbons (Fsp3) is 0.435. The van der Waals surface area contributed by atoms with Gasteiger partial charge in [-0.15, -0.1) is 0 Å². The SMILES string of the molecule is CC(C)(C)C(=O)NCc1ccc(N2CCC(c3cc(Cl)cc(Cl)c3)(C(F)(F)F)C2)cc1Cl. The molecule has 2 aromatic carbocycles. The Morgan fingerprint density at radius 3 is 2.22 bits per heavy atom. The number of rotatable bonds is 4.